The minimum absolute atomic E-state index is 0.0995. The van der Waals surface area contributed by atoms with Crippen molar-refractivity contribution < 1.29 is 27.8 Å². The fourth-order valence-electron chi connectivity index (χ4n) is 2.63. The number of rotatable bonds is 9. The molecule has 0 unspecified atom stereocenters. The quantitative estimate of drug-likeness (QED) is 0.672. The van der Waals surface area contributed by atoms with Gasteiger partial charge in [-0.15, -0.1) is 0 Å². The second-order valence-corrected chi connectivity index (χ2v) is 5.99. The van der Waals surface area contributed by atoms with Crippen molar-refractivity contribution >= 4 is 5.91 Å². The second kappa shape index (κ2) is 9.87. The Kier molecular flexibility index (Phi) is 7.55. The number of amides is 1. The van der Waals surface area contributed by atoms with E-state index in [0.29, 0.717) is 42.2 Å². The van der Waals surface area contributed by atoms with E-state index >= 15 is 0 Å². The third-order valence-electron chi connectivity index (χ3n) is 3.84. The molecular weight excluding hydrogens is 356 g/mol. The van der Waals surface area contributed by atoms with Crippen LogP contribution in [0.5, 0.6) is 11.5 Å². The Morgan fingerprint density at radius 3 is 2.44 bits per heavy atom. The number of methoxy groups -OCH3 is 1. The van der Waals surface area contributed by atoms with Crippen LogP contribution in [0.15, 0.2) is 36.4 Å². The van der Waals surface area contributed by atoms with Crippen LogP contribution >= 0.6 is 0 Å². The van der Waals surface area contributed by atoms with Crippen molar-refractivity contribution in [1.82, 2.24) is 5.32 Å². The monoisotopic (exact) mass is 379 g/mol. The SMILES string of the molecule is COCCOc1cccc(CNC(=O)c2cc(C)c(OC(F)F)c(C)c2)c1. The summed E-state index contributed by atoms with van der Waals surface area (Å²) >= 11 is 0. The van der Waals surface area contributed by atoms with E-state index in [0.717, 1.165) is 5.56 Å². The van der Waals surface area contributed by atoms with Gasteiger partial charge in [0, 0.05) is 19.2 Å². The standard InChI is InChI=1S/C20H23F2NO4/c1-13-9-16(10-14(2)18(13)27-20(21)22)19(24)23-12-15-5-4-6-17(11-15)26-8-7-25-3/h4-6,9-11,20H,7-8,12H2,1-3H3,(H,23,24). The van der Waals surface area contributed by atoms with Crippen molar-refractivity contribution in [3.63, 3.8) is 0 Å². The lowest BCUT2D eigenvalue weighted by molar-refractivity contribution is -0.0507. The van der Waals surface area contributed by atoms with Crippen molar-refractivity contribution in [1.29, 1.82) is 0 Å². The lowest BCUT2D eigenvalue weighted by Crippen LogP contribution is -2.23. The van der Waals surface area contributed by atoms with Crippen molar-refractivity contribution in [3.05, 3.63) is 58.7 Å². The number of halogens is 2. The van der Waals surface area contributed by atoms with E-state index in [9.17, 15) is 13.6 Å². The minimum atomic E-state index is -2.90. The highest BCUT2D eigenvalue weighted by atomic mass is 19.3. The summed E-state index contributed by atoms with van der Waals surface area (Å²) < 4.78 is 39.9. The Labute approximate surface area is 157 Å². The van der Waals surface area contributed by atoms with Gasteiger partial charge in [0.05, 0.1) is 6.61 Å². The highest BCUT2D eigenvalue weighted by Gasteiger charge is 2.14. The van der Waals surface area contributed by atoms with E-state index in [2.05, 4.69) is 10.1 Å². The molecule has 7 heteroatoms. The average molecular weight is 379 g/mol. The molecule has 0 aromatic heterocycles. The van der Waals surface area contributed by atoms with E-state index in [1.807, 2.05) is 24.3 Å². The van der Waals surface area contributed by atoms with Crippen molar-refractivity contribution in [3.8, 4) is 11.5 Å². The number of alkyl halides is 2. The lowest BCUT2D eigenvalue weighted by atomic mass is 10.0. The van der Waals surface area contributed by atoms with Crippen LogP contribution in [0.1, 0.15) is 27.0 Å². The molecule has 0 aliphatic heterocycles. The van der Waals surface area contributed by atoms with Gasteiger partial charge in [-0.25, -0.2) is 0 Å². The summed E-state index contributed by atoms with van der Waals surface area (Å²) in [6.45, 7) is 1.60. The number of aryl methyl sites for hydroxylation is 2. The summed E-state index contributed by atoms with van der Waals surface area (Å²) in [6.07, 6.45) is 0. The Bertz CT molecular complexity index is 757. The molecule has 2 aromatic rings. The molecular formula is C20H23F2NO4. The molecule has 0 saturated heterocycles. The normalized spacial score (nSPS) is 10.7. The number of ether oxygens (including phenoxy) is 3. The number of carbonyl (C=O) groups excluding carboxylic acids is 1. The summed E-state index contributed by atoms with van der Waals surface area (Å²) in [5.41, 5.74) is 2.23. The molecule has 0 radical (unpaired) electrons. The van der Waals surface area contributed by atoms with Gasteiger partial charge in [0.1, 0.15) is 18.1 Å². The first kappa shape index (κ1) is 20.6. The number of hydrogen-bond acceptors (Lipinski definition) is 4. The Balaban J connectivity index is 2.00. The topological polar surface area (TPSA) is 56.8 Å². The van der Waals surface area contributed by atoms with E-state index < -0.39 is 6.61 Å². The van der Waals surface area contributed by atoms with Gasteiger partial charge in [0.2, 0.25) is 0 Å². The maximum atomic E-state index is 12.5. The first-order valence-electron chi connectivity index (χ1n) is 8.45. The van der Waals surface area contributed by atoms with Gasteiger partial charge >= 0.3 is 6.61 Å². The predicted molar refractivity (Wildman–Crippen MR) is 97.5 cm³/mol. The fourth-order valence-corrected chi connectivity index (χ4v) is 2.63. The van der Waals surface area contributed by atoms with E-state index in [1.165, 1.54) is 12.1 Å². The van der Waals surface area contributed by atoms with E-state index in [4.69, 9.17) is 9.47 Å². The van der Waals surface area contributed by atoms with Crippen LogP contribution in [0.25, 0.3) is 0 Å². The summed E-state index contributed by atoms with van der Waals surface area (Å²) in [5.74, 6) is 0.497. The summed E-state index contributed by atoms with van der Waals surface area (Å²) in [7, 11) is 1.60. The Hall–Kier alpha value is -2.67. The van der Waals surface area contributed by atoms with Crippen LogP contribution in [0.3, 0.4) is 0 Å². The molecule has 27 heavy (non-hydrogen) atoms. The van der Waals surface area contributed by atoms with E-state index in [-0.39, 0.29) is 11.7 Å². The van der Waals surface area contributed by atoms with E-state index in [1.54, 1.807) is 21.0 Å². The van der Waals surface area contributed by atoms with Gasteiger partial charge < -0.3 is 19.5 Å². The molecule has 0 fully saturated rings. The molecule has 0 atom stereocenters. The zero-order valence-electron chi connectivity index (χ0n) is 15.6. The lowest BCUT2D eigenvalue weighted by Gasteiger charge is -2.13. The third kappa shape index (κ3) is 6.21. The Morgan fingerprint density at radius 2 is 1.81 bits per heavy atom. The van der Waals surface area contributed by atoms with Gasteiger partial charge in [0.25, 0.3) is 5.91 Å². The Morgan fingerprint density at radius 1 is 1.11 bits per heavy atom. The molecule has 0 aliphatic carbocycles. The summed E-state index contributed by atoms with van der Waals surface area (Å²) in [5, 5.41) is 2.82. The van der Waals surface area contributed by atoms with Crippen LogP contribution < -0.4 is 14.8 Å². The summed E-state index contributed by atoms with van der Waals surface area (Å²) in [4.78, 5) is 12.4. The third-order valence-corrected chi connectivity index (χ3v) is 3.84. The largest absolute Gasteiger partial charge is 0.491 e. The van der Waals surface area contributed by atoms with Crippen LogP contribution in [-0.4, -0.2) is 32.8 Å². The minimum Gasteiger partial charge on any atom is -0.491 e. The molecule has 5 nitrogen and oxygen atoms in total. The van der Waals surface area contributed by atoms with Gasteiger partial charge in [-0.05, 0) is 54.8 Å². The predicted octanol–water partition coefficient (Wildman–Crippen LogP) is 3.86. The maximum Gasteiger partial charge on any atom is 0.387 e. The van der Waals surface area contributed by atoms with Gasteiger partial charge in [-0.1, -0.05) is 12.1 Å². The molecule has 0 aliphatic rings. The van der Waals surface area contributed by atoms with Gasteiger partial charge in [-0.2, -0.15) is 8.78 Å². The van der Waals surface area contributed by atoms with Crippen LogP contribution in [0.4, 0.5) is 8.78 Å². The number of hydrogen-bond donors (Lipinski definition) is 1. The molecule has 0 spiro atoms. The molecule has 0 bridgehead atoms. The fraction of sp³-hybridized carbons (Fsp3) is 0.350. The van der Waals surface area contributed by atoms with Crippen molar-refractivity contribution in [2.45, 2.75) is 27.0 Å². The second-order valence-electron chi connectivity index (χ2n) is 5.99. The first-order chi connectivity index (χ1) is 12.9. The maximum absolute atomic E-state index is 12.5. The van der Waals surface area contributed by atoms with Gasteiger partial charge in [0.15, 0.2) is 0 Å². The van der Waals surface area contributed by atoms with Crippen LogP contribution in [0.2, 0.25) is 0 Å². The highest BCUT2D eigenvalue weighted by molar-refractivity contribution is 5.94. The molecule has 2 rings (SSSR count). The van der Waals surface area contributed by atoms with Crippen LogP contribution in [-0.2, 0) is 11.3 Å². The van der Waals surface area contributed by atoms with Crippen molar-refractivity contribution in [2.24, 2.45) is 0 Å². The molecule has 0 saturated carbocycles. The van der Waals surface area contributed by atoms with Crippen LogP contribution in [0, 0.1) is 13.8 Å². The van der Waals surface area contributed by atoms with Crippen molar-refractivity contribution in [2.75, 3.05) is 20.3 Å². The first-order valence-corrected chi connectivity index (χ1v) is 8.45. The highest BCUT2D eigenvalue weighted by Crippen LogP contribution is 2.26. The number of benzene rings is 2. The zero-order chi connectivity index (χ0) is 19.8. The molecule has 2 aromatic carbocycles. The summed E-state index contributed by atoms with van der Waals surface area (Å²) in [6, 6.07) is 10.4. The molecule has 0 heterocycles. The molecule has 1 N–H and O–H groups in total. The average Bonchev–Trinajstić information content (AvgIpc) is 2.63. The zero-order valence-corrected chi connectivity index (χ0v) is 15.6. The number of nitrogens with one attached hydrogen (secondary N) is 1. The number of carbonyl (C=O) groups is 1. The van der Waals surface area contributed by atoms with Gasteiger partial charge in [-0.3, -0.25) is 4.79 Å². The smallest absolute Gasteiger partial charge is 0.387 e. The molecule has 146 valence electrons. The molecule has 1 amide bonds.